The van der Waals surface area contributed by atoms with Gasteiger partial charge in [0.2, 0.25) is 0 Å². The number of aromatic nitrogens is 3. The van der Waals surface area contributed by atoms with Crippen molar-refractivity contribution in [1.82, 2.24) is 14.8 Å². The normalized spacial score (nSPS) is 10.1. The van der Waals surface area contributed by atoms with E-state index in [2.05, 4.69) is 10.2 Å². The Morgan fingerprint density at radius 3 is 2.81 bits per heavy atom. The van der Waals surface area contributed by atoms with E-state index in [1.54, 1.807) is 42.3 Å². The molecule has 0 spiro atoms. The molecule has 0 N–H and O–H groups in total. The van der Waals surface area contributed by atoms with Gasteiger partial charge in [-0.15, -0.1) is 10.2 Å². The summed E-state index contributed by atoms with van der Waals surface area (Å²) in [5.41, 5.74) is 1.35. The molecule has 2 aromatic rings. The third-order valence-electron chi connectivity index (χ3n) is 2.07. The van der Waals surface area contributed by atoms with Gasteiger partial charge in [-0.3, -0.25) is 4.57 Å². The average Bonchev–Trinajstić information content (AvgIpc) is 2.83. The molecule has 0 fully saturated rings. The minimum Gasteiger partial charge on any atom is -0.462 e. The van der Waals surface area contributed by atoms with E-state index in [-0.39, 0.29) is 5.97 Å². The highest BCUT2D eigenvalue weighted by Gasteiger charge is 2.07. The van der Waals surface area contributed by atoms with Crippen LogP contribution in [-0.2, 0) is 4.74 Å². The van der Waals surface area contributed by atoms with E-state index in [4.69, 9.17) is 4.74 Å². The van der Waals surface area contributed by atoms with Gasteiger partial charge < -0.3 is 4.74 Å². The summed E-state index contributed by atoms with van der Waals surface area (Å²) in [6.07, 6.45) is 3.15. The molecule has 2 rings (SSSR count). The van der Waals surface area contributed by atoms with Gasteiger partial charge in [-0.05, 0) is 25.1 Å². The highest BCUT2D eigenvalue weighted by molar-refractivity contribution is 5.90. The van der Waals surface area contributed by atoms with Gasteiger partial charge in [-0.1, -0.05) is 6.07 Å². The summed E-state index contributed by atoms with van der Waals surface area (Å²) < 4.78 is 6.65. The molecule has 1 aromatic carbocycles. The van der Waals surface area contributed by atoms with Crippen molar-refractivity contribution in [2.75, 3.05) is 6.61 Å². The van der Waals surface area contributed by atoms with E-state index in [0.29, 0.717) is 12.2 Å². The maximum Gasteiger partial charge on any atom is 0.338 e. The molecule has 5 heteroatoms. The molecule has 0 aliphatic heterocycles. The van der Waals surface area contributed by atoms with Crippen LogP contribution in [0.25, 0.3) is 5.69 Å². The molecule has 0 bridgehead atoms. The Labute approximate surface area is 92.7 Å². The lowest BCUT2D eigenvalue weighted by molar-refractivity contribution is 0.0526. The minimum atomic E-state index is -0.322. The van der Waals surface area contributed by atoms with Crippen molar-refractivity contribution in [2.24, 2.45) is 0 Å². The number of nitrogens with zero attached hydrogens (tertiary/aromatic N) is 3. The fraction of sp³-hybridized carbons (Fsp3) is 0.182. The van der Waals surface area contributed by atoms with E-state index in [9.17, 15) is 4.79 Å². The standard InChI is InChI=1S/C11H11N3O2/c1-2-16-11(15)9-4-3-5-10(6-9)14-7-12-13-8-14/h3-8H,2H2,1H3. The van der Waals surface area contributed by atoms with Crippen LogP contribution < -0.4 is 0 Å². The number of hydrogen-bond acceptors (Lipinski definition) is 4. The number of rotatable bonds is 3. The Bertz CT molecular complexity index is 480. The monoisotopic (exact) mass is 217 g/mol. The molecule has 0 aliphatic carbocycles. The zero-order valence-electron chi connectivity index (χ0n) is 8.83. The Kier molecular flexibility index (Phi) is 2.95. The van der Waals surface area contributed by atoms with Crippen LogP contribution in [0.5, 0.6) is 0 Å². The second-order valence-corrected chi connectivity index (χ2v) is 3.14. The van der Waals surface area contributed by atoms with Crippen molar-refractivity contribution in [3.8, 4) is 5.69 Å². The van der Waals surface area contributed by atoms with Gasteiger partial charge >= 0.3 is 5.97 Å². The van der Waals surface area contributed by atoms with E-state index >= 15 is 0 Å². The van der Waals surface area contributed by atoms with Crippen molar-refractivity contribution < 1.29 is 9.53 Å². The van der Waals surface area contributed by atoms with Crippen LogP contribution in [-0.4, -0.2) is 27.3 Å². The molecule has 1 aromatic heterocycles. The summed E-state index contributed by atoms with van der Waals surface area (Å²) in [5, 5.41) is 7.41. The third kappa shape index (κ3) is 2.08. The molecule has 82 valence electrons. The van der Waals surface area contributed by atoms with Crippen molar-refractivity contribution in [3.05, 3.63) is 42.5 Å². The van der Waals surface area contributed by atoms with E-state index < -0.39 is 0 Å². The fourth-order valence-corrected chi connectivity index (χ4v) is 1.34. The number of carbonyl (C=O) groups is 1. The van der Waals surface area contributed by atoms with Gasteiger partial charge in [0.1, 0.15) is 12.7 Å². The van der Waals surface area contributed by atoms with Crippen LogP contribution in [0.4, 0.5) is 0 Å². The highest BCUT2D eigenvalue weighted by Crippen LogP contribution is 2.10. The van der Waals surface area contributed by atoms with Crippen LogP contribution >= 0.6 is 0 Å². The summed E-state index contributed by atoms with van der Waals surface area (Å²) in [6.45, 7) is 2.15. The largest absolute Gasteiger partial charge is 0.462 e. The second kappa shape index (κ2) is 4.57. The van der Waals surface area contributed by atoms with Crippen LogP contribution in [0, 0.1) is 0 Å². The van der Waals surface area contributed by atoms with Crippen molar-refractivity contribution >= 4 is 5.97 Å². The molecule has 0 unspecified atom stereocenters. The predicted molar refractivity (Wildman–Crippen MR) is 57.3 cm³/mol. The quantitative estimate of drug-likeness (QED) is 0.730. The van der Waals surface area contributed by atoms with Crippen LogP contribution in [0.15, 0.2) is 36.9 Å². The summed E-state index contributed by atoms with van der Waals surface area (Å²) in [4.78, 5) is 11.5. The first-order valence-corrected chi connectivity index (χ1v) is 4.93. The molecule has 1 heterocycles. The van der Waals surface area contributed by atoms with Gasteiger partial charge in [0.25, 0.3) is 0 Å². The second-order valence-electron chi connectivity index (χ2n) is 3.14. The van der Waals surface area contributed by atoms with Gasteiger partial charge in [-0.25, -0.2) is 4.79 Å². The first-order valence-electron chi connectivity index (χ1n) is 4.93. The van der Waals surface area contributed by atoms with Crippen molar-refractivity contribution in [3.63, 3.8) is 0 Å². The number of ether oxygens (including phenoxy) is 1. The smallest absolute Gasteiger partial charge is 0.338 e. The molecule has 0 saturated carbocycles. The van der Waals surface area contributed by atoms with Crippen LogP contribution in [0.2, 0.25) is 0 Å². The lowest BCUT2D eigenvalue weighted by Crippen LogP contribution is -2.05. The highest BCUT2D eigenvalue weighted by atomic mass is 16.5. The lowest BCUT2D eigenvalue weighted by atomic mass is 10.2. The predicted octanol–water partition coefficient (Wildman–Crippen LogP) is 1.44. The molecule has 5 nitrogen and oxygen atoms in total. The molecule has 0 amide bonds. The topological polar surface area (TPSA) is 57.0 Å². The Morgan fingerprint density at radius 1 is 1.38 bits per heavy atom. The number of hydrogen-bond donors (Lipinski definition) is 0. The maximum absolute atomic E-state index is 11.5. The van der Waals surface area contributed by atoms with Crippen molar-refractivity contribution in [1.29, 1.82) is 0 Å². The summed E-state index contributed by atoms with van der Waals surface area (Å²) in [6, 6.07) is 7.11. The zero-order valence-corrected chi connectivity index (χ0v) is 8.83. The van der Waals surface area contributed by atoms with E-state index in [1.165, 1.54) is 0 Å². The van der Waals surface area contributed by atoms with Gasteiger partial charge in [0.05, 0.1) is 12.2 Å². The summed E-state index contributed by atoms with van der Waals surface area (Å²) in [7, 11) is 0. The first-order chi connectivity index (χ1) is 7.81. The minimum absolute atomic E-state index is 0.322. The first kappa shape index (κ1) is 10.4. The van der Waals surface area contributed by atoms with E-state index in [0.717, 1.165) is 5.69 Å². The van der Waals surface area contributed by atoms with Gasteiger partial charge in [0, 0.05) is 5.69 Å². The lowest BCUT2D eigenvalue weighted by Gasteiger charge is -2.04. The molecular weight excluding hydrogens is 206 g/mol. The zero-order chi connectivity index (χ0) is 11.4. The SMILES string of the molecule is CCOC(=O)c1cccc(-n2cnnc2)c1. The number of carbonyl (C=O) groups excluding carboxylic acids is 1. The molecule has 0 saturated heterocycles. The van der Waals surface area contributed by atoms with Crippen LogP contribution in [0.1, 0.15) is 17.3 Å². The molecular formula is C11H11N3O2. The third-order valence-corrected chi connectivity index (χ3v) is 2.07. The fourth-order valence-electron chi connectivity index (χ4n) is 1.34. The van der Waals surface area contributed by atoms with E-state index in [1.807, 2.05) is 6.07 Å². The Morgan fingerprint density at radius 2 is 2.12 bits per heavy atom. The van der Waals surface area contributed by atoms with Crippen LogP contribution in [0.3, 0.4) is 0 Å². The maximum atomic E-state index is 11.5. The van der Waals surface area contributed by atoms with Gasteiger partial charge in [-0.2, -0.15) is 0 Å². The number of benzene rings is 1. The van der Waals surface area contributed by atoms with Gasteiger partial charge in [0.15, 0.2) is 0 Å². The Balaban J connectivity index is 2.30. The molecule has 16 heavy (non-hydrogen) atoms. The number of esters is 1. The molecule has 0 aliphatic rings. The molecule has 0 radical (unpaired) electrons. The molecule has 0 atom stereocenters. The average molecular weight is 217 g/mol. The summed E-state index contributed by atoms with van der Waals surface area (Å²) in [5.74, 6) is -0.322. The Hall–Kier alpha value is -2.17. The van der Waals surface area contributed by atoms with Crippen molar-refractivity contribution in [2.45, 2.75) is 6.92 Å². The summed E-state index contributed by atoms with van der Waals surface area (Å²) >= 11 is 0.